The van der Waals surface area contributed by atoms with Crippen LogP contribution in [0.2, 0.25) is 0 Å². The van der Waals surface area contributed by atoms with Gasteiger partial charge in [-0.2, -0.15) is 15.8 Å². The van der Waals surface area contributed by atoms with E-state index in [4.69, 9.17) is 6.42 Å². The summed E-state index contributed by atoms with van der Waals surface area (Å²) in [6.07, 6.45) is 11.4. The molecule has 11 nitrogen and oxygen atoms in total. The molecule has 0 fully saturated rings. The highest BCUT2D eigenvalue weighted by atomic mass is 15.2. The van der Waals surface area contributed by atoms with Gasteiger partial charge in [0, 0.05) is 0 Å². The third kappa shape index (κ3) is 3.21. The largest absolute Gasteiger partial charge is 0.358 e. The van der Waals surface area contributed by atoms with Gasteiger partial charge in [-0.25, -0.2) is 29.9 Å². The minimum Gasteiger partial charge on any atom is -0.358 e. The van der Waals surface area contributed by atoms with Crippen LogP contribution in [0.1, 0.15) is 28.3 Å². The molecular weight excluding hydrogens is 454 g/mol. The first-order valence-corrected chi connectivity index (χ1v) is 10.6. The van der Waals surface area contributed by atoms with E-state index in [1.807, 2.05) is 54.6 Å². The lowest BCUT2D eigenvalue weighted by molar-refractivity contribution is 0.749. The SMILES string of the molecule is C#Cc1nc2nc3ccc(C4=CC5Nc6nc(C#N)c(C#N)nc6NC5C=C4)cc3nc2nc1C#N. The summed E-state index contributed by atoms with van der Waals surface area (Å²) in [5.74, 6) is 3.18. The summed E-state index contributed by atoms with van der Waals surface area (Å²) in [5, 5.41) is 34.3. The van der Waals surface area contributed by atoms with Gasteiger partial charge in [0.2, 0.25) is 0 Å². The van der Waals surface area contributed by atoms with Gasteiger partial charge < -0.3 is 10.6 Å². The van der Waals surface area contributed by atoms with E-state index in [1.54, 1.807) is 0 Å². The van der Waals surface area contributed by atoms with Gasteiger partial charge in [0.1, 0.15) is 18.2 Å². The molecule has 0 saturated carbocycles. The van der Waals surface area contributed by atoms with Crippen LogP contribution in [0.4, 0.5) is 11.6 Å². The number of nitriles is 3. The summed E-state index contributed by atoms with van der Waals surface area (Å²) < 4.78 is 0. The molecule has 0 radical (unpaired) electrons. The molecule has 4 aromatic rings. The van der Waals surface area contributed by atoms with Crippen LogP contribution >= 0.6 is 0 Å². The predicted molar refractivity (Wildman–Crippen MR) is 129 cm³/mol. The number of fused-ring (bicyclic) bond motifs is 4. The molecule has 6 rings (SSSR count). The average Bonchev–Trinajstić information content (AvgIpc) is 2.92. The van der Waals surface area contributed by atoms with E-state index in [1.165, 1.54) is 0 Å². The van der Waals surface area contributed by atoms with Crippen molar-refractivity contribution in [2.75, 3.05) is 10.6 Å². The molecule has 0 bridgehead atoms. The van der Waals surface area contributed by atoms with Gasteiger partial charge in [-0.1, -0.05) is 24.3 Å². The zero-order valence-corrected chi connectivity index (χ0v) is 18.2. The molecular formula is C25H11N11. The Hall–Kier alpha value is -5.91. The van der Waals surface area contributed by atoms with Crippen LogP contribution in [-0.4, -0.2) is 42.0 Å². The monoisotopic (exact) mass is 465 g/mol. The number of nitrogens with zero attached hydrogens (tertiary/aromatic N) is 9. The molecule has 1 aromatic carbocycles. The molecule has 11 heteroatoms. The van der Waals surface area contributed by atoms with Crippen molar-refractivity contribution in [3.05, 3.63) is 64.8 Å². The third-order valence-corrected chi connectivity index (χ3v) is 5.81. The number of hydrogen-bond donors (Lipinski definition) is 2. The highest BCUT2D eigenvalue weighted by Gasteiger charge is 2.30. The second kappa shape index (κ2) is 7.85. The Morgan fingerprint density at radius 1 is 0.722 bits per heavy atom. The molecule has 166 valence electrons. The molecule has 2 atom stereocenters. The van der Waals surface area contributed by atoms with Crippen LogP contribution in [0.5, 0.6) is 0 Å². The molecule has 3 aromatic heterocycles. The predicted octanol–water partition coefficient (Wildman–Crippen LogP) is 2.19. The van der Waals surface area contributed by atoms with E-state index in [9.17, 15) is 15.8 Å². The van der Waals surface area contributed by atoms with Gasteiger partial charge in [-0.15, -0.1) is 6.42 Å². The molecule has 0 spiro atoms. The maximum atomic E-state index is 9.29. The van der Waals surface area contributed by atoms with Gasteiger partial charge in [0.05, 0.1) is 23.1 Å². The number of hydrogen-bond acceptors (Lipinski definition) is 11. The summed E-state index contributed by atoms with van der Waals surface area (Å²) in [6, 6.07) is 11.1. The maximum Gasteiger partial charge on any atom is 0.199 e. The van der Waals surface area contributed by atoms with Gasteiger partial charge in [-0.05, 0) is 29.2 Å². The molecule has 0 saturated heterocycles. The van der Waals surface area contributed by atoms with Gasteiger partial charge >= 0.3 is 0 Å². The minimum atomic E-state index is -0.170. The fourth-order valence-corrected chi connectivity index (χ4v) is 4.11. The molecule has 1 aliphatic heterocycles. The third-order valence-electron chi connectivity index (χ3n) is 5.81. The minimum absolute atomic E-state index is 0.0214. The van der Waals surface area contributed by atoms with Crippen molar-refractivity contribution in [1.82, 2.24) is 29.9 Å². The zero-order chi connectivity index (χ0) is 24.8. The lowest BCUT2D eigenvalue weighted by atomic mass is 9.92. The van der Waals surface area contributed by atoms with Crippen molar-refractivity contribution in [3.8, 4) is 30.6 Å². The number of anilines is 2. The van der Waals surface area contributed by atoms with E-state index in [2.05, 4.69) is 46.5 Å². The highest BCUT2D eigenvalue weighted by Crippen LogP contribution is 2.32. The first-order chi connectivity index (χ1) is 17.6. The summed E-state index contributed by atoms with van der Waals surface area (Å²) in [6.45, 7) is 0. The van der Waals surface area contributed by atoms with Crippen LogP contribution in [-0.2, 0) is 0 Å². The van der Waals surface area contributed by atoms with Crippen LogP contribution < -0.4 is 10.6 Å². The Bertz CT molecular complexity index is 1860. The smallest absolute Gasteiger partial charge is 0.199 e. The highest BCUT2D eigenvalue weighted by molar-refractivity contribution is 5.88. The lowest BCUT2D eigenvalue weighted by Gasteiger charge is -2.34. The van der Waals surface area contributed by atoms with Crippen molar-refractivity contribution in [3.63, 3.8) is 0 Å². The second-order valence-electron chi connectivity index (χ2n) is 7.91. The molecule has 4 heterocycles. The lowest BCUT2D eigenvalue weighted by Crippen LogP contribution is -2.42. The Labute approximate surface area is 203 Å². The van der Waals surface area contributed by atoms with E-state index in [-0.39, 0.29) is 46.2 Å². The summed E-state index contributed by atoms with van der Waals surface area (Å²) in [5.41, 5.74) is 3.66. The standard InChI is InChI=1S/C25H11N11/c1-2-14-19(9-26)34-24-22(29-14)30-15-5-3-12(7-17(15)32-24)13-4-6-16-18(8-13)33-25-23(31-16)35-20(10-27)21(11-28)36-25/h1,3-8,16,18H,(H,31,35)(H,33,36). The average molecular weight is 465 g/mol. The number of allylic oxidation sites excluding steroid dienone is 2. The van der Waals surface area contributed by atoms with Crippen molar-refractivity contribution in [2.45, 2.75) is 12.1 Å². The first-order valence-electron chi connectivity index (χ1n) is 10.6. The van der Waals surface area contributed by atoms with Crippen LogP contribution in [0, 0.1) is 46.3 Å². The normalized spacial score (nSPS) is 17.3. The van der Waals surface area contributed by atoms with Crippen LogP contribution in [0.25, 0.3) is 27.9 Å². The van der Waals surface area contributed by atoms with E-state index >= 15 is 0 Å². The number of terminal acetylenes is 1. The van der Waals surface area contributed by atoms with Gasteiger partial charge in [0.25, 0.3) is 0 Å². The summed E-state index contributed by atoms with van der Waals surface area (Å²) in [7, 11) is 0. The number of aromatic nitrogens is 6. The van der Waals surface area contributed by atoms with E-state index in [0.717, 1.165) is 11.1 Å². The van der Waals surface area contributed by atoms with Crippen molar-refractivity contribution >= 4 is 39.5 Å². The quantitative estimate of drug-likeness (QED) is 0.311. The molecule has 36 heavy (non-hydrogen) atoms. The van der Waals surface area contributed by atoms with Crippen molar-refractivity contribution in [2.24, 2.45) is 0 Å². The summed E-state index contributed by atoms with van der Waals surface area (Å²) >= 11 is 0. The van der Waals surface area contributed by atoms with E-state index < -0.39 is 0 Å². The first kappa shape index (κ1) is 20.7. The van der Waals surface area contributed by atoms with Crippen molar-refractivity contribution in [1.29, 1.82) is 15.8 Å². The molecule has 2 unspecified atom stereocenters. The Kier molecular flexibility index (Phi) is 4.51. The van der Waals surface area contributed by atoms with Gasteiger partial charge in [-0.3, -0.25) is 0 Å². The Balaban J connectivity index is 1.37. The van der Waals surface area contributed by atoms with Crippen molar-refractivity contribution < 1.29 is 0 Å². The molecule has 2 aliphatic rings. The molecule has 1 aliphatic carbocycles. The van der Waals surface area contributed by atoms with E-state index in [0.29, 0.717) is 22.7 Å². The zero-order valence-electron chi connectivity index (χ0n) is 18.2. The maximum absolute atomic E-state index is 9.29. The van der Waals surface area contributed by atoms with Gasteiger partial charge in [0.15, 0.2) is 45.7 Å². The molecule has 2 N–H and O–H groups in total. The Morgan fingerprint density at radius 3 is 2.00 bits per heavy atom. The topological polar surface area (TPSA) is 173 Å². The van der Waals surface area contributed by atoms with Crippen LogP contribution in [0.15, 0.2) is 36.4 Å². The fourth-order valence-electron chi connectivity index (χ4n) is 4.11. The number of nitrogens with one attached hydrogen (secondary N) is 2. The fraction of sp³-hybridized carbons (Fsp3) is 0.0800. The molecule has 0 amide bonds. The summed E-state index contributed by atoms with van der Waals surface area (Å²) in [4.78, 5) is 26.0. The number of benzene rings is 1. The Morgan fingerprint density at radius 2 is 1.33 bits per heavy atom. The number of rotatable bonds is 1. The second-order valence-corrected chi connectivity index (χ2v) is 7.91. The van der Waals surface area contributed by atoms with Crippen LogP contribution in [0.3, 0.4) is 0 Å².